The molecule has 9 heteroatoms. The number of anilines is 1. The molecule has 0 bridgehead atoms. The van der Waals surface area contributed by atoms with Crippen LogP contribution in [0.3, 0.4) is 0 Å². The fourth-order valence-electron chi connectivity index (χ4n) is 3.68. The van der Waals surface area contributed by atoms with Gasteiger partial charge in [0, 0.05) is 43.3 Å². The number of fused-ring (bicyclic) bond motifs is 1. The van der Waals surface area contributed by atoms with Gasteiger partial charge in [0.25, 0.3) is 0 Å². The van der Waals surface area contributed by atoms with Gasteiger partial charge in [-0.2, -0.15) is 9.78 Å². The fourth-order valence-corrected chi connectivity index (χ4v) is 3.68. The molecule has 0 fully saturated rings. The molecule has 1 aliphatic heterocycles. The Hall–Kier alpha value is -4.03. The van der Waals surface area contributed by atoms with E-state index in [1.165, 1.54) is 4.68 Å². The molecule has 2 N–H and O–H groups in total. The quantitative estimate of drug-likeness (QED) is 0.580. The molecule has 0 saturated heterocycles. The molecule has 2 aromatic heterocycles. The summed E-state index contributed by atoms with van der Waals surface area (Å²) >= 11 is 0. The molecule has 1 aliphatic rings. The van der Waals surface area contributed by atoms with Crippen molar-refractivity contribution in [1.29, 1.82) is 0 Å². The lowest BCUT2D eigenvalue weighted by Gasteiger charge is -2.22. The van der Waals surface area contributed by atoms with E-state index in [1.807, 2.05) is 18.2 Å². The van der Waals surface area contributed by atoms with Crippen LogP contribution in [0.2, 0.25) is 0 Å². The molecule has 1 unspecified atom stereocenters. The molecule has 1 aromatic carbocycles. The van der Waals surface area contributed by atoms with Crippen molar-refractivity contribution in [2.24, 2.45) is 0 Å². The molecule has 0 spiro atoms. The van der Waals surface area contributed by atoms with Gasteiger partial charge in [-0.05, 0) is 56.0 Å². The Kier molecular flexibility index (Phi) is 6.43. The van der Waals surface area contributed by atoms with Crippen LogP contribution in [-0.2, 0) is 17.6 Å². The van der Waals surface area contributed by atoms with Crippen LogP contribution >= 0.6 is 0 Å². The predicted molar refractivity (Wildman–Crippen MR) is 126 cm³/mol. The number of nitrogens with one attached hydrogen (secondary N) is 1. The highest BCUT2D eigenvalue weighted by atomic mass is 16.3. The molecule has 0 aliphatic carbocycles. The first-order chi connectivity index (χ1) is 16.2. The number of likely N-dealkylation sites (N-methyl/N-ethyl adjacent to an activating group) is 1. The number of hydrogen-bond acceptors (Lipinski definition) is 6. The number of hydrogen-bond donors (Lipinski definition) is 2. The minimum atomic E-state index is -1.11. The van der Waals surface area contributed by atoms with Gasteiger partial charge < -0.3 is 15.3 Å². The fraction of sp³-hybridized carbons (Fsp3) is 0.320. The van der Waals surface area contributed by atoms with Gasteiger partial charge in [0.2, 0.25) is 5.91 Å². The van der Waals surface area contributed by atoms with Crippen molar-refractivity contribution in [2.45, 2.75) is 44.8 Å². The van der Waals surface area contributed by atoms with Gasteiger partial charge in [0.15, 0.2) is 0 Å². The standard InChI is InChI=1S/C25H26N6O3/c1-25(2,34)10-9-17-5-6-19-7-8-20(23(32)30(3)21(19)13-17)29-24(33)31-16-18(15-28-31)14-22-26-11-4-12-27-22/h4-6,11-13,15-16,20,34H,7-8,14H2,1-3H3,(H,29,33). The summed E-state index contributed by atoms with van der Waals surface area (Å²) in [6, 6.07) is 6.21. The lowest BCUT2D eigenvalue weighted by Crippen LogP contribution is -2.48. The lowest BCUT2D eigenvalue weighted by atomic mass is 10.0. The predicted octanol–water partition coefficient (Wildman–Crippen LogP) is 1.92. The normalized spacial score (nSPS) is 15.7. The number of aliphatic hydroxyl groups is 1. The second-order valence-electron chi connectivity index (χ2n) is 8.73. The zero-order valence-corrected chi connectivity index (χ0v) is 19.3. The number of carbonyl (C=O) groups is 2. The van der Waals surface area contributed by atoms with Gasteiger partial charge in [0.05, 0.1) is 6.20 Å². The first kappa shape index (κ1) is 23.1. The molecule has 0 saturated carbocycles. The largest absolute Gasteiger partial charge is 0.378 e. The molecule has 2 amide bonds. The Morgan fingerprint density at radius 1 is 1.29 bits per heavy atom. The van der Waals surface area contributed by atoms with Crippen molar-refractivity contribution in [3.63, 3.8) is 0 Å². The summed E-state index contributed by atoms with van der Waals surface area (Å²) in [4.78, 5) is 35.8. The van der Waals surface area contributed by atoms with Crippen LogP contribution in [0.25, 0.3) is 0 Å². The average molecular weight is 459 g/mol. The van der Waals surface area contributed by atoms with E-state index in [4.69, 9.17) is 0 Å². The summed E-state index contributed by atoms with van der Waals surface area (Å²) in [7, 11) is 1.69. The third-order valence-electron chi connectivity index (χ3n) is 5.41. The number of carbonyl (C=O) groups excluding carboxylic acids is 2. The highest BCUT2D eigenvalue weighted by Gasteiger charge is 2.30. The number of aromatic nitrogens is 4. The van der Waals surface area contributed by atoms with E-state index >= 15 is 0 Å². The molecule has 3 aromatic rings. The monoisotopic (exact) mass is 458 g/mol. The summed E-state index contributed by atoms with van der Waals surface area (Å²) < 4.78 is 1.19. The first-order valence-corrected chi connectivity index (χ1v) is 11.0. The maximum absolute atomic E-state index is 13.1. The molecule has 0 radical (unpaired) electrons. The summed E-state index contributed by atoms with van der Waals surface area (Å²) in [6.45, 7) is 3.23. The van der Waals surface area contributed by atoms with Crippen molar-refractivity contribution in [2.75, 3.05) is 11.9 Å². The van der Waals surface area contributed by atoms with E-state index in [9.17, 15) is 14.7 Å². The van der Waals surface area contributed by atoms with Crippen molar-refractivity contribution in [3.05, 3.63) is 71.6 Å². The average Bonchev–Trinajstić information content (AvgIpc) is 3.24. The zero-order valence-electron chi connectivity index (χ0n) is 19.3. The van der Waals surface area contributed by atoms with E-state index in [0.29, 0.717) is 30.7 Å². The van der Waals surface area contributed by atoms with Gasteiger partial charge in [0.1, 0.15) is 17.5 Å². The van der Waals surface area contributed by atoms with Crippen LogP contribution in [0.1, 0.15) is 42.8 Å². The van der Waals surface area contributed by atoms with Crippen LogP contribution in [0, 0.1) is 11.8 Å². The molecule has 3 heterocycles. The zero-order chi connectivity index (χ0) is 24.3. The smallest absolute Gasteiger partial charge is 0.342 e. The number of nitrogens with zero attached hydrogens (tertiary/aromatic N) is 5. The highest BCUT2D eigenvalue weighted by Crippen LogP contribution is 2.27. The molecular formula is C25H26N6O3. The Balaban J connectivity index is 1.46. The maximum Gasteiger partial charge on any atom is 0.342 e. The number of benzene rings is 1. The minimum Gasteiger partial charge on any atom is -0.378 e. The van der Waals surface area contributed by atoms with Gasteiger partial charge in [-0.3, -0.25) is 4.79 Å². The van der Waals surface area contributed by atoms with Crippen molar-refractivity contribution in [1.82, 2.24) is 25.1 Å². The van der Waals surface area contributed by atoms with Crippen molar-refractivity contribution >= 4 is 17.6 Å². The van der Waals surface area contributed by atoms with E-state index in [-0.39, 0.29) is 5.91 Å². The topological polar surface area (TPSA) is 113 Å². The lowest BCUT2D eigenvalue weighted by molar-refractivity contribution is -0.120. The van der Waals surface area contributed by atoms with Gasteiger partial charge in [-0.25, -0.2) is 14.8 Å². The summed E-state index contributed by atoms with van der Waals surface area (Å²) in [5, 5.41) is 16.8. The second-order valence-corrected chi connectivity index (χ2v) is 8.73. The van der Waals surface area contributed by atoms with Crippen LogP contribution in [0.4, 0.5) is 10.5 Å². The van der Waals surface area contributed by atoms with Crippen LogP contribution in [0.15, 0.2) is 49.1 Å². The van der Waals surface area contributed by atoms with Crippen LogP contribution < -0.4 is 10.2 Å². The summed E-state index contributed by atoms with van der Waals surface area (Å²) in [5.41, 5.74) is 2.12. The Morgan fingerprint density at radius 2 is 2.06 bits per heavy atom. The molecule has 1 atom stereocenters. The van der Waals surface area contributed by atoms with Gasteiger partial charge in [-0.15, -0.1) is 0 Å². The Bertz CT molecular complexity index is 1270. The van der Waals surface area contributed by atoms with E-state index in [0.717, 1.165) is 16.8 Å². The molecular weight excluding hydrogens is 432 g/mol. The van der Waals surface area contributed by atoms with E-state index < -0.39 is 17.7 Å². The molecule has 174 valence electrons. The number of amides is 2. The Labute approximate surface area is 197 Å². The van der Waals surface area contributed by atoms with Gasteiger partial charge in [-0.1, -0.05) is 17.9 Å². The van der Waals surface area contributed by atoms with Crippen molar-refractivity contribution in [3.8, 4) is 11.8 Å². The van der Waals surface area contributed by atoms with Crippen LogP contribution in [-0.4, -0.2) is 55.5 Å². The molecule has 34 heavy (non-hydrogen) atoms. The first-order valence-electron chi connectivity index (χ1n) is 11.0. The Morgan fingerprint density at radius 3 is 2.79 bits per heavy atom. The summed E-state index contributed by atoms with van der Waals surface area (Å²) in [6.07, 6.45) is 8.05. The van der Waals surface area contributed by atoms with Gasteiger partial charge >= 0.3 is 6.03 Å². The third kappa shape index (κ3) is 5.47. The molecule has 9 nitrogen and oxygen atoms in total. The third-order valence-corrected chi connectivity index (χ3v) is 5.41. The maximum atomic E-state index is 13.1. The minimum absolute atomic E-state index is 0.218. The number of rotatable bonds is 3. The second kappa shape index (κ2) is 9.45. The van der Waals surface area contributed by atoms with E-state index in [1.54, 1.807) is 56.6 Å². The highest BCUT2D eigenvalue weighted by molar-refractivity contribution is 6.00. The molecule has 4 rings (SSSR count). The van der Waals surface area contributed by atoms with Crippen LogP contribution in [0.5, 0.6) is 0 Å². The SMILES string of the molecule is CN1C(=O)C(NC(=O)n2cc(Cc3ncccn3)cn2)CCc2ccc(C#CC(C)(C)O)cc21. The summed E-state index contributed by atoms with van der Waals surface area (Å²) in [5.74, 6) is 6.15. The van der Waals surface area contributed by atoms with Crippen molar-refractivity contribution < 1.29 is 14.7 Å². The van der Waals surface area contributed by atoms with E-state index in [2.05, 4.69) is 32.2 Å². The number of aryl methyl sites for hydroxylation is 1.